The number of piperidine rings is 1. The van der Waals surface area contributed by atoms with Crippen LogP contribution >= 0.6 is 11.3 Å². The Morgan fingerprint density at radius 2 is 2.00 bits per heavy atom. The summed E-state index contributed by atoms with van der Waals surface area (Å²) in [7, 11) is 0. The van der Waals surface area contributed by atoms with E-state index < -0.39 is 5.97 Å². The zero-order valence-electron chi connectivity index (χ0n) is 15.8. The van der Waals surface area contributed by atoms with Gasteiger partial charge in [-0.2, -0.15) is 0 Å². The van der Waals surface area contributed by atoms with Gasteiger partial charge in [-0.05, 0) is 48.1 Å². The molecule has 0 unspecified atom stereocenters. The molecule has 0 amide bonds. The minimum atomic E-state index is -0.890. The molecule has 2 aromatic carbocycles. The first-order chi connectivity index (χ1) is 13.7. The zero-order chi connectivity index (χ0) is 19.3. The third-order valence-corrected chi connectivity index (χ3v) is 6.18. The van der Waals surface area contributed by atoms with E-state index in [-0.39, 0.29) is 0 Å². The molecule has 5 heteroatoms. The van der Waals surface area contributed by atoms with Crippen LogP contribution in [0.3, 0.4) is 0 Å². The highest BCUT2D eigenvalue weighted by Crippen LogP contribution is 2.26. The third kappa shape index (κ3) is 4.49. The molecule has 0 radical (unpaired) electrons. The van der Waals surface area contributed by atoms with Crippen LogP contribution in [0.5, 0.6) is 0 Å². The molecule has 1 aromatic heterocycles. The lowest BCUT2D eigenvalue weighted by Gasteiger charge is -2.32. The second kappa shape index (κ2) is 8.67. The van der Waals surface area contributed by atoms with E-state index in [2.05, 4.69) is 27.4 Å². The second-order valence-electron chi connectivity index (χ2n) is 7.42. The maximum atomic E-state index is 11.5. The van der Waals surface area contributed by atoms with Crippen molar-refractivity contribution in [2.75, 3.05) is 13.1 Å². The van der Waals surface area contributed by atoms with Gasteiger partial charge in [0.1, 0.15) is 0 Å². The van der Waals surface area contributed by atoms with Gasteiger partial charge in [0, 0.05) is 31.1 Å². The van der Waals surface area contributed by atoms with Crippen molar-refractivity contribution in [1.82, 2.24) is 9.88 Å². The highest BCUT2D eigenvalue weighted by Gasteiger charge is 2.21. The largest absolute Gasteiger partial charge is 0.478 e. The smallest absolute Gasteiger partial charge is 0.336 e. The number of aromatic carboxylic acids is 1. The van der Waals surface area contributed by atoms with E-state index in [9.17, 15) is 9.90 Å². The monoisotopic (exact) mass is 392 g/mol. The van der Waals surface area contributed by atoms with Gasteiger partial charge >= 0.3 is 5.97 Å². The van der Waals surface area contributed by atoms with Gasteiger partial charge in [-0.15, -0.1) is 11.3 Å². The highest BCUT2D eigenvalue weighted by atomic mass is 32.1. The SMILES string of the molecule is O=C(O)c1ccccc1-c1ccc(CN2CCC[C@@H](Cc3nccs3)C2)cc1. The maximum Gasteiger partial charge on any atom is 0.336 e. The molecule has 0 saturated carbocycles. The van der Waals surface area contributed by atoms with Gasteiger partial charge in [0.2, 0.25) is 0 Å². The van der Waals surface area contributed by atoms with Crippen molar-refractivity contribution in [2.45, 2.75) is 25.8 Å². The van der Waals surface area contributed by atoms with Gasteiger partial charge in [-0.3, -0.25) is 4.90 Å². The van der Waals surface area contributed by atoms with Gasteiger partial charge in [0.05, 0.1) is 10.6 Å². The van der Waals surface area contributed by atoms with Crippen LogP contribution in [0.15, 0.2) is 60.1 Å². The molecule has 1 aliphatic heterocycles. The van der Waals surface area contributed by atoms with E-state index in [4.69, 9.17) is 0 Å². The topological polar surface area (TPSA) is 53.4 Å². The fraction of sp³-hybridized carbons (Fsp3) is 0.304. The lowest BCUT2D eigenvalue weighted by molar-refractivity contribution is 0.0697. The van der Waals surface area contributed by atoms with Crippen LogP contribution in [0, 0.1) is 5.92 Å². The fourth-order valence-electron chi connectivity index (χ4n) is 4.03. The number of aromatic nitrogens is 1. The molecule has 4 nitrogen and oxygen atoms in total. The lowest BCUT2D eigenvalue weighted by Crippen LogP contribution is -2.35. The fourth-order valence-corrected chi connectivity index (χ4v) is 4.76. The van der Waals surface area contributed by atoms with Crippen LogP contribution in [-0.4, -0.2) is 34.0 Å². The number of carbonyl (C=O) groups is 1. The highest BCUT2D eigenvalue weighted by molar-refractivity contribution is 7.09. The first kappa shape index (κ1) is 18.8. The van der Waals surface area contributed by atoms with Crippen molar-refractivity contribution >= 4 is 17.3 Å². The Balaban J connectivity index is 1.41. The van der Waals surface area contributed by atoms with Crippen molar-refractivity contribution in [1.29, 1.82) is 0 Å². The summed E-state index contributed by atoms with van der Waals surface area (Å²) in [5, 5.41) is 12.7. The van der Waals surface area contributed by atoms with E-state index in [1.54, 1.807) is 23.5 Å². The summed E-state index contributed by atoms with van der Waals surface area (Å²) in [5.74, 6) is -0.208. The number of hydrogen-bond acceptors (Lipinski definition) is 4. The molecule has 0 bridgehead atoms. The van der Waals surface area contributed by atoms with E-state index in [0.29, 0.717) is 11.5 Å². The average molecular weight is 393 g/mol. The first-order valence-electron chi connectivity index (χ1n) is 9.71. The van der Waals surface area contributed by atoms with Crippen molar-refractivity contribution in [3.8, 4) is 11.1 Å². The van der Waals surface area contributed by atoms with E-state index >= 15 is 0 Å². The zero-order valence-corrected chi connectivity index (χ0v) is 16.6. The predicted molar refractivity (Wildman–Crippen MR) is 113 cm³/mol. The molecule has 1 fully saturated rings. The van der Waals surface area contributed by atoms with Gasteiger partial charge in [-0.25, -0.2) is 9.78 Å². The normalized spacial score (nSPS) is 17.5. The van der Waals surface area contributed by atoms with Gasteiger partial charge in [0.15, 0.2) is 0 Å². The molecule has 28 heavy (non-hydrogen) atoms. The Hall–Kier alpha value is -2.50. The second-order valence-corrected chi connectivity index (χ2v) is 8.40. The summed E-state index contributed by atoms with van der Waals surface area (Å²) in [6.07, 6.45) is 5.49. The number of thiazole rings is 1. The summed E-state index contributed by atoms with van der Waals surface area (Å²) in [5.41, 5.74) is 3.33. The van der Waals surface area contributed by atoms with Crippen LogP contribution in [-0.2, 0) is 13.0 Å². The van der Waals surface area contributed by atoms with Crippen LogP contribution < -0.4 is 0 Å². The molecule has 1 saturated heterocycles. The Bertz CT molecular complexity index is 922. The molecule has 1 aliphatic rings. The molecule has 1 N–H and O–H groups in total. The van der Waals surface area contributed by atoms with Gasteiger partial charge in [-0.1, -0.05) is 42.5 Å². The molecule has 3 aromatic rings. The molecule has 0 spiro atoms. The van der Waals surface area contributed by atoms with Crippen molar-refractivity contribution in [3.05, 3.63) is 76.2 Å². The quantitative estimate of drug-likeness (QED) is 0.644. The van der Waals surface area contributed by atoms with E-state index in [0.717, 1.165) is 37.2 Å². The van der Waals surface area contributed by atoms with Crippen LogP contribution in [0.1, 0.15) is 33.8 Å². The predicted octanol–water partition coefficient (Wildman–Crippen LogP) is 4.96. The van der Waals surface area contributed by atoms with Crippen LogP contribution in [0.4, 0.5) is 0 Å². The minimum Gasteiger partial charge on any atom is -0.478 e. The summed E-state index contributed by atoms with van der Waals surface area (Å²) in [6.45, 7) is 3.19. The van der Waals surface area contributed by atoms with E-state index in [1.165, 1.54) is 23.4 Å². The molecule has 0 aliphatic carbocycles. The number of hydrogen-bond donors (Lipinski definition) is 1. The lowest BCUT2D eigenvalue weighted by atomic mass is 9.94. The maximum absolute atomic E-state index is 11.5. The molecular formula is C23H24N2O2S. The van der Waals surface area contributed by atoms with E-state index in [1.807, 2.05) is 30.5 Å². The van der Waals surface area contributed by atoms with Crippen molar-refractivity contribution in [3.63, 3.8) is 0 Å². The number of carboxylic acids is 1. The van der Waals surface area contributed by atoms with Crippen LogP contribution in [0.2, 0.25) is 0 Å². The summed E-state index contributed by atoms with van der Waals surface area (Å²) >= 11 is 1.75. The number of benzene rings is 2. The Morgan fingerprint density at radius 3 is 2.75 bits per heavy atom. The number of nitrogens with zero attached hydrogens (tertiary/aromatic N) is 2. The Labute approximate surface area is 169 Å². The standard InChI is InChI=1S/C23H24N2O2S/c26-23(27)21-6-2-1-5-20(21)19-9-7-17(8-10-19)15-25-12-3-4-18(16-25)14-22-24-11-13-28-22/h1-2,5-11,13,18H,3-4,12,14-16H2,(H,26,27)/t18-/m0/s1. The summed E-state index contributed by atoms with van der Waals surface area (Å²) < 4.78 is 0. The number of likely N-dealkylation sites (tertiary alicyclic amines) is 1. The minimum absolute atomic E-state index is 0.344. The Morgan fingerprint density at radius 1 is 1.18 bits per heavy atom. The summed E-state index contributed by atoms with van der Waals surface area (Å²) in [4.78, 5) is 18.4. The van der Waals surface area contributed by atoms with Crippen molar-refractivity contribution < 1.29 is 9.90 Å². The molecule has 2 heterocycles. The van der Waals surface area contributed by atoms with Crippen molar-refractivity contribution in [2.24, 2.45) is 5.92 Å². The Kier molecular flexibility index (Phi) is 5.84. The molecular weight excluding hydrogens is 368 g/mol. The molecule has 4 rings (SSSR count). The van der Waals surface area contributed by atoms with Crippen LogP contribution in [0.25, 0.3) is 11.1 Å². The number of carboxylic acid groups (broad SMARTS) is 1. The molecule has 1 atom stereocenters. The van der Waals surface area contributed by atoms with Gasteiger partial charge < -0.3 is 5.11 Å². The van der Waals surface area contributed by atoms with Gasteiger partial charge in [0.25, 0.3) is 0 Å². The number of rotatable bonds is 6. The molecule has 144 valence electrons. The first-order valence-corrected chi connectivity index (χ1v) is 10.6. The summed E-state index contributed by atoms with van der Waals surface area (Å²) in [6, 6.07) is 15.5. The third-order valence-electron chi connectivity index (χ3n) is 5.38. The average Bonchev–Trinajstić information content (AvgIpc) is 3.22.